The van der Waals surface area contributed by atoms with Crippen molar-refractivity contribution in [2.24, 2.45) is 0 Å². The zero-order valence-corrected chi connectivity index (χ0v) is 7.57. The molecule has 57 valence electrons. The summed E-state index contributed by atoms with van der Waals surface area (Å²) < 4.78 is 0. The van der Waals surface area contributed by atoms with E-state index in [2.05, 4.69) is 36.8 Å². The molecule has 0 aliphatic carbocycles. The third-order valence-electron chi connectivity index (χ3n) is 1.54. The largest absolute Gasteiger partial charge is 0.213 e. The number of hydrogen-bond acceptors (Lipinski definition) is 0. The maximum atomic E-state index is 2.33. The molecule has 1 aliphatic rings. The second kappa shape index (κ2) is 3.87. The summed E-state index contributed by atoms with van der Waals surface area (Å²) in [6.45, 7) is 4.41. The molecular formula is C9H15S. The first-order chi connectivity index (χ1) is 4.79. The van der Waals surface area contributed by atoms with E-state index in [9.17, 15) is 0 Å². The highest BCUT2D eigenvalue weighted by Gasteiger charge is 2.00. The third-order valence-corrected chi connectivity index (χ3v) is 3.39. The lowest BCUT2D eigenvalue weighted by atomic mass is 10.2. The van der Waals surface area contributed by atoms with Crippen molar-refractivity contribution in [3.05, 3.63) is 28.9 Å². The van der Waals surface area contributed by atoms with Crippen LogP contribution in [0, 0.1) is 5.92 Å². The standard InChI is InChI=1S/C9H15S/c1-9(2)5-8-10-6-3-4-7-10/h3-4,6-7,10H,5,8H2,1-2H3. The van der Waals surface area contributed by atoms with Gasteiger partial charge in [0.25, 0.3) is 0 Å². The van der Waals surface area contributed by atoms with E-state index < -0.39 is 0 Å². The fraction of sp³-hybridized carbons (Fsp3) is 0.444. The van der Waals surface area contributed by atoms with Crippen LogP contribution in [-0.2, 0) is 0 Å². The van der Waals surface area contributed by atoms with Gasteiger partial charge in [-0.25, -0.2) is 10.9 Å². The minimum Gasteiger partial charge on any atom is -0.213 e. The highest BCUT2D eigenvalue weighted by atomic mass is 32.2. The van der Waals surface area contributed by atoms with Gasteiger partial charge >= 0.3 is 0 Å². The molecule has 0 atom stereocenters. The van der Waals surface area contributed by atoms with Gasteiger partial charge in [-0.05, 0) is 28.9 Å². The van der Waals surface area contributed by atoms with E-state index in [1.54, 1.807) is 5.92 Å². The zero-order chi connectivity index (χ0) is 7.40. The van der Waals surface area contributed by atoms with Crippen molar-refractivity contribution in [2.45, 2.75) is 20.3 Å². The highest BCUT2D eigenvalue weighted by molar-refractivity contribution is 8.22. The Morgan fingerprint density at radius 3 is 2.30 bits per heavy atom. The molecule has 0 aromatic carbocycles. The molecule has 0 bridgehead atoms. The molecule has 0 saturated heterocycles. The summed E-state index contributed by atoms with van der Waals surface area (Å²) in [7, 11) is 0.140. The van der Waals surface area contributed by atoms with E-state index in [0.29, 0.717) is 0 Å². The maximum absolute atomic E-state index is 2.33. The molecule has 0 nitrogen and oxygen atoms in total. The lowest BCUT2D eigenvalue weighted by molar-refractivity contribution is 0.933. The Morgan fingerprint density at radius 1 is 1.20 bits per heavy atom. The van der Waals surface area contributed by atoms with Crippen LogP contribution in [0.25, 0.3) is 0 Å². The predicted octanol–water partition coefficient (Wildman–Crippen LogP) is 3.03. The third kappa shape index (κ3) is 2.61. The van der Waals surface area contributed by atoms with Crippen LogP contribution in [0.4, 0.5) is 0 Å². The van der Waals surface area contributed by atoms with E-state index in [1.165, 1.54) is 12.2 Å². The van der Waals surface area contributed by atoms with Crippen molar-refractivity contribution in [1.82, 2.24) is 0 Å². The van der Waals surface area contributed by atoms with Gasteiger partial charge in [-0.1, -0.05) is 26.0 Å². The Hall–Kier alpha value is -0.170. The average molecular weight is 155 g/mol. The Bertz CT molecular complexity index is 133. The fourth-order valence-corrected chi connectivity index (χ4v) is 2.62. The van der Waals surface area contributed by atoms with E-state index in [1.807, 2.05) is 0 Å². The highest BCUT2D eigenvalue weighted by Crippen LogP contribution is 2.34. The molecule has 1 rings (SSSR count). The molecule has 0 unspecified atom stereocenters. The van der Waals surface area contributed by atoms with Gasteiger partial charge in [0.05, 0.1) is 0 Å². The first-order valence-electron chi connectivity index (χ1n) is 3.69. The fourth-order valence-electron chi connectivity index (χ4n) is 0.872. The van der Waals surface area contributed by atoms with Crippen LogP contribution >= 0.6 is 10.9 Å². The molecule has 0 aromatic heterocycles. The molecule has 1 radical (unpaired) electrons. The van der Waals surface area contributed by atoms with Crippen LogP contribution in [0.1, 0.15) is 20.3 Å². The van der Waals surface area contributed by atoms with Gasteiger partial charge in [-0.3, -0.25) is 0 Å². The molecule has 10 heavy (non-hydrogen) atoms. The molecule has 0 spiro atoms. The molecule has 0 fully saturated rings. The van der Waals surface area contributed by atoms with Crippen LogP contribution < -0.4 is 0 Å². The molecule has 0 amide bonds. The lowest BCUT2D eigenvalue weighted by Gasteiger charge is -2.10. The maximum Gasteiger partial charge on any atom is -0.0180 e. The van der Waals surface area contributed by atoms with E-state index >= 15 is 0 Å². The second-order valence-electron chi connectivity index (χ2n) is 2.88. The van der Waals surface area contributed by atoms with Gasteiger partial charge in [0.1, 0.15) is 0 Å². The number of thiol groups is 1. The van der Waals surface area contributed by atoms with Crippen molar-refractivity contribution >= 4 is 10.9 Å². The number of hydrogen-bond donors (Lipinski definition) is 1. The first kappa shape index (κ1) is 7.93. The van der Waals surface area contributed by atoms with E-state index in [4.69, 9.17) is 0 Å². The number of allylic oxidation sites excluding steroid dienone is 2. The zero-order valence-electron chi connectivity index (χ0n) is 6.67. The lowest BCUT2D eigenvalue weighted by Crippen LogP contribution is -1.88. The Kier molecular flexibility index (Phi) is 3.07. The van der Waals surface area contributed by atoms with Crippen LogP contribution in [-0.4, -0.2) is 5.75 Å². The second-order valence-corrected chi connectivity index (χ2v) is 4.95. The van der Waals surface area contributed by atoms with E-state index in [0.717, 1.165) is 0 Å². The Morgan fingerprint density at radius 2 is 1.80 bits per heavy atom. The van der Waals surface area contributed by atoms with Gasteiger partial charge in [0.2, 0.25) is 0 Å². The molecule has 0 N–H and O–H groups in total. The summed E-state index contributed by atoms with van der Waals surface area (Å²) in [6, 6.07) is 0. The van der Waals surface area contributed by atoms with Gasteiger partial charge in [0, 0.05) is 0 Å². The summed E-state index contributed by atoms with van der Waals surface area (Å²) in [5.41, 5.74) is 0. The molecule has 0 saturated carbocycles. The van der Waals surface area contributed by atoms with Crippen LogP contribution in [0.5, 0.6) is 0 Å². The molecule has 1 aliphatic heterocycles. The minimum absolute atomic E-state index is 0.140. The van der Waals surface area contributed by atoms with Gasteiger partial charge in [-0.2, -0.15) is 0 Å². The normalized spacial score (nSPS) is 19.3. The van der Waals surface area contributed by atoms with Crippen molar-refractivity contribution in [3.63, 3.8) is 0 Å². The Balaban J connectivity index is 2.14. The summed E-state index contributed by atoms with van der Waals surface area (Å²) in [6.07, 6.45) is 5.62. The average Bonchev–Trinajstić information content (AvgIpc) is 2.34. The molecule has 0 aromatic rings. The van der Waals surface area contributed by atoms with Crippen molar-refractivity contribution < 1.29 is 0 Å². The van der Waals surface area contributed by atoms with Crippen molar-refractivity contribution in [3.8, 4) is 0 Å². The monoisotopic (exact) mass is 155 g/mol. The smallest absolute Gasteiger partial charge is 0.0180 e. The van der Waals surface area contributed by atoms with Gasteiger partial charge < -0.3 is 0 Å². The summed E-state index contributed by atoms with van der Waals surface area (Å²) >= 11 is 0. The van der Waals surface area contributed by atoms with Crippen LogP contribution in [0.2, 0.25) is 0 Å². The van der Waals surface area contributed by atoms with Crippen LogP contribution in [0.15, 0.2) is 23.0 Å². The summed E-state index contributed by atoms with van der Waals surface area (Å²) in [4.78, 5) is 0. The molecule has 1 heterocycles. The first-order valence-corrected chi connectivity index (χ1v) is 5.35. The predicted molar refractivity (Wildman–Crippen MR) is 51.3 cm³/mol. The topological polar surface area (TPSA) is 0 Å². The number of rotatable bonds is 3. The molecular weight excluding hydrogens is 140 g/mol. The van der Waals surface area contributed by atoms with Gasteiger partial charge in [-0.15, -0.1) is 0 Å². The van der Waals surface area contributed by atoms with Gasteiger partial charge in [0.15, 0.2) is 0 Å². The summed E-state index contributed by atoms with van der Waals surface area (Å²) in [5, 5.41) is 4.66. The summed E-state index contributed by atoms with van der Waals surface area (Å²) in [5.74, 6) is 2.90. The minimum atomic E-state index is 0.140. The molecule has 1 heteroatoms. The van der Waals surface area contributed by atoms with Crippen molar-refractivity contribution in [1.29, 1.82) is 0 Å². The van der Waals surface area contributed by atoms with Crippen LogP contribution in [0.3, 0.4) is 0 Å². The Labute approximate surface area is 66.4 Å². The van der Waals surface area contributed by atoms with E-state index in [-0.39, 0.29) is 10.9 Å². The van der Waals surface area contributed by atoms with Crippen molar-refractivity contribution in [2.75, 3.05) is 5.75 Å². The quantitative estimate of drug-likeness (QED) is 0.595. The SMILES string of the molecule is C[C](C)CC[SH]1C=CC=C1.